The van der Waals surface area contributed by atoms with Gasteiger partial charge in [0.25, 0.3) is 0 Å². The molecule has 0 spiro atoms. The summed E-state index contributed by atoms with van der Waals surface area (Å²) in [7, 11) is 0. The monoisotopic (exact) mass is 263 g/mol. The van der Waals surface area contributed by atoms with E-state index in [2.05, 4.69) is 4.84 Å². The van der Waals surface area contributed by atoms with Crippen LogP contribution in [0.5, 0.6) is 0 Å². The maximum Gasteiger partial charge on any atom is 0.307 e. The molecule has 18 heavy (non-hydrogen) atoms. The van der Waals surface area contributed by atoms with E-state index >= 15 is 0 Å². The summed E-state index contributed by atoms with van der Waals surface area (Å²) in [6.07, 6.45) is 0.112. The van der Waals surface area contributed by atoms with E-state index < -0.39 is 5.97 Å². The zero-order valence-electron chi connectivity index (χ0n) is 9.71. The van der Waals surface area contributed by atoms with Crippen molar-refractivity contribution >= 4 is 23.4 Å². The Morgan fingerprint density at radius 2 is 1.50 bits per heavy atom. The van der Waals surface area contributed by atoms with Gasteiger partial charge in [-0.1, -0.05) is 48.5 Å². The highest BCUT2D eigenvalue weighted by Crippen LogP contribution is 2.04. The van der Waals surface area contributed by atoms with Crippen molar-refractivity contribution in [2.24, 2.45) is 0 Å². The first kappa shape index (κ1) is 14.1. The van der Waals surface area contributed by atoms with E-state index in [1.54, 1.807) is 12.1 Å². The average Bonchev–Trinajstić information content (AvgIpc) is 2.41. The molecule has 94 valence electrons. The van der Waals surface area contributed by atoms with Crippen LogP contribution in [0.3, 0.4) is 0 Å². The molecule has 2 aromatic carbocycles. The van der Waals surface area contributed by atoms with E-state index in [0.717, 1.165) is 11.3 Å². The van der Waals surface area contributed by atoms with Gasteiger partial charge in [0.2, 0.25) is 0 Å². The second-order valence-electron chi connectivity index (χ2n) is 3.52. The molecule has 0 aliphatic heterocycles. The topological polar surface area (TPSA) is 49.3 Å². The Balaban J connectivity index is 0.000000184. The van der Waals surface area contributed by atoms with Gasteiger partial charge in [0.1, 0.15) is 0 Å². The molecule has 0 radical (unpaired) electrons. The highest BCUT2D eigenvalue weighted by molar-refractivity contribution is 6.23. The lowest BCUT2D eigenvalue weighted by Gasteiger charge is -1.92. The normalized spacial score (nSPS) is 8.94. The molecule has 0 aliphatic rings. The predicted octanol–water partition coefficient (Wildman–Crippen LogP) is 3.57. The molecule has 0 saturated carbocycles. The minimum absolute atomic E-state index is 0.112. The SMILES string of the molecule is ClNc1ccccc1.O=C(O)Cc1ccccc1. The Morgan fingerprint density at radius 1 is 1.00 bits per heavy atom. The minimum atomic E-state index is -0.786. The zero-order valence-corrected chi connectivity index (χ0v) is 10.5. The lowest BCUT2D eigenvalue weighted by molar-refractivity contribution is -0.136. The first-order valence-corrected chi connectivity index (χ1v) is 5.77. The third-order valence-corrected chi connectivity index (χ3v) is 2.30. The number of benzene rings is 2. The van der Waals surface area contributed by atoms with Gasteiger partial charge in [-0.3, -0.25) is 9.63 Å². The van der Waals surface area contributed by atoms with Crippen molar-refractivity contribution in [1.29, 1.82) is 0 Å². The fraction of sp³-hybridized carbons (Fsp3) is 0.0714. The Kier molecular flexibility index (Phi) is 6.36. The number of hydrogen-bond donors (Lipinski definition) is 2. The predicted molar refractivity (Wildman–Crippen MR) is 73.7 cm³/mol. The smallest absolute Gasteiger partial charge is 0.307 e. The second-order valence-corrected chi connectivity index (χ2v) is 3.71. The number of nitrogens with one attached hydrogen (secondary N) is 1. The van der Waals surface area contributed by atoms with Gasteiger partial charge in [-0.2, -0.15) is 0 Å². The van der Waals surface area contributed by atoms with Crippen molar-refractivity contribution in [3.05, 3.63) is 66.2 Å². The van der Waals surface area contributed by atoms with Gasteiger partial charge in [0.05, 0.1) is 6.42 Å². The van der Waals surface area contributed by atoms with Crippen molar-refractivity contribution in [2.45, 2.75) is 6.42 Å². The Hall–Kier alpha value is -2.00. The van der Waals surface area contributed by atoms with Gasteiger partial charge in [-0.15, -0.1) is 0 Å². The van der Waals surface area contributed by atoms with Crippen molar-refractivity contribution in [3.8, 4) is 0 Å². The van der Waals surface area contributed by atoms with Crippen LogP contribution in [-0.4, -0.2) is 11.1 Å². The van der Waals surface area contributed by atoms with Crippen LogP contribution in [-0.2, 0) is 11.2 Å². The van der Waals surface area contributed by atoms with Gasteiger partial charge in [0, 0.05) is 17.5 Å². The molecule has 0 aliphatic carbocycles. The molecular formula is C14H14ClNO2. The second kappa shape index (κ2) is 8.14. The molecule has 0 atom stereocenters. The summed E-state index contributed by atoms with van der Waals surface area (Å²) in [5, 5.41) is 8.37. The first-order valence-electron chi connectivity index (χ1n) is 5.40. The maximum absolute atomic E-state index is 10.2. The van der Waals surface area contributed by atoms with Crippen LogP contribution in [0, 0.1) is 0 Å². The van der Waals surface area contributed by atoms with Crippen molar-refractivity contribution in [2.75, 3.05) is 4.84 Å². The van der Waals surface area contributed by atoms with Crippen LogP contribution in [0.4, 0.5) is 5.69 Å². The molecule has 0 aromatic heterocycles. The molecule has 2 N–H and O–H groups in total. The number of carbonyl (C=O) groups is 1. The number of para-hydroxylation sites is 1. The molecule has 0 heterocycles. The van der Waals surface area contributed by atoms with Gasteiger partial charge in [0.15, 0.2) is 0 Å². The standard InChI is InChI=1S/C8H8O2.C6H6ClN/c9-8(10)6-7-4-2-1-3-5-7;7-8-6-4-2-1-3-5-6/h1-5H,6H2,(H,9,10);1-5,8H. The van der Waals surface area contributed by atoms with Gasteiger partial charge in [-0.25, -0.2) is 0 Å². The highest BCUT2D eigenvalue weighted by Gasteiger charge is 1.96. The molecule has 0 unspecified atom stereocenters. The van der Waals surface area contributed by atoms with Crippen LogP contribution in [0.2, 0.25) is 0 Å². The largest absolute Gasteiger partial charge is 0.481 e. The lowest BCUT2D eigenvalue weighted by atomic mass is 10.2. The number of hydrogen-bond acceptors (Lipinski definition) is 2. The van der Waals surface area contributed by atoms with Crippen LogP contribution in [0.25, 0.3) is 0 Å². The number of anilines is 1. The van der Waals surface area contributed by atoms with Gasteiger partial charge in [-0.05, 0) is 17.7 Å². The maximum atomic E-state index is 10.2. The fourth-order valence-electron chi connectivity index (χ4n) is 1.27. The van der Waals surface area contributed by atoms with Crippen molar-refractivity contribution in [1.82, 2.24) is 0 Å². The minimum Gasteiger partial charge on any atom is -0.481 e. The Labute approximate surface area is 111 Å². The van der Waals surface area contributed by atoms with Gasteiger partial charge < -0.3 is 5.11 Å². The Morgan fingerprint density at radius 3 is 1.89 bits per heavy atom. The van der Waals surface area contributed by atoms with Gasteiger partial charge >= 0.3 is 5.97 Å². The summed E-state index contributed by atoms with van der Waals surface area (Å²) in [6, 6.07) is 18.7. The molecule has 0 fully saturated rings. The summed E-state index contributed by atoms with van der Waals surface area (Å²) in [6.45, 7) is 0. The number of rotatable bonds is 3. The van der Waals surface area contributed by atoms with E-state index in [-0.39, 0.29) is 6.42 Å². The summed E-state index contributed by atoms with van der Waals surface area (Å²) in [4.78, 5) is 12.7. The molecule has 0 saturated heterocycles. The molecule has 0 amide bonds. The first-order chi connectivity index (χ1) is 8.72. The van der Waals surface area contributed by atoms with E-state index in [4.69, 9.17) is 16.9 Å². The third-order valence-electron chi connectivity index (χ3n) is 2.08. The summed E-state index contributed by atoms with van der Waals surface area (Å²) < 4.78 is 0. The number of aliphatic carboxylic acids is 1. The van der Waals surface area contributed by atoms with E-state index in [9.17, 15) is 4.79 Å². The molecule has 3 nitrogen and oxygen atoms in total. The fourth-order valence-corrected chi connectivity index (χ4v) is 1.40. The lowest BCUT2D eigenvalue weighted by Crippen LogP contribution is -1.98. The molecule has 2 rings (SSSR count). The number of carboxylic acids is 1. The van der Waals surface area contributed by atoms with E-state index in [1.165, 1.54) is 0 Å². The molecule has 2 aromatic rings. The van der Waals surface area contributed by atoms with Crippen LogP contribution < -0.4 is 4.84 Å². The van der Waals surface area contributed by atoms with Crippen LogP contribution in [0.1, 0.15) is 5.56 Å². The number of halogens is 1. The average molecular weight is 264 g/mol. The van der Waals surface area contributed by atoms with Crippen LogP contribution in [0.15, 0.2) is 60.7 Å². The summed E-state index contributed by atoms with van der Waals surface area (Å²) >= 11 is 5.28. The Bertz CT molecular complexity index is 460. The molecule has 4 heteroatoms. The zero-order chi connectivity index (χ0) is 13.2. The third kappa shape index (κ3) is 5.92. The van der Waals surface area contributed by atoms with E-state index in [0.29, 0.717) is 0 Å². The quantitative estimate of drug-likeness (QED) is 0.833. The molecular weight excluding hydrogens is 250 g/mol. The highest BCUT2D eigenvalue weighted by atomic mass is 35.5. The summed E-state index contributed by atoms with van der Waals surface area (Å²) in [5.74, 6) is -0.786. The van der Waals surface area contributed by atoms with Crippen molar-refractivity contribution < 1.29 is 9.90 Å². The number of carboxylic acid groups (broad SMARTS) is 1. The molecule has 0 bridgehead atoms. The van der Waals surface area contributed by atoms with Crippen molar-refractivity contribution in [3.63, 3.8) is 0 Å². The summed E-state index contributed by atoms with van der Waals surface area (Å²) in [5.41, 5.74) is 1.77. The van der Waals surface area contributed by atoms with Crippen LogP contribution >= 0.6 is 11.8 Å². The van der Waals surface area contributed by atoms with E-state index in [1.807, 2.05) is 48.5 Å².